The van der Waals surface area contributed by atoms with Crippen molar-refractivity contribution in [3.8, 4) is 5.75 Å². The third-order valence-corrected chi connectivity index (χ3v) is 4.32. The number of para-hydroxylation sites is 1. The average Bonchev–Trinajstić information content (AvgIpc) is 2.51. The highest BCUT2D eigenvalue weighted by atomic mass is 32.2. The summed E-state index contributed by atoms with van der Waals surface area (Å²) in [5, 5.41) is 0. The van der Waals surface area contributed by atoms with Crippen LogP contribution in [0.5, 0.6) is 5.75 Å². The van der Waals surface area contributed by atoms with Crippen molar-refractivity contribution in [2.24, 2.45) is 0 Å². The van der Waals surface area contributed by atoms with E-state index in [4.69, 9.17) is 8.92 Å². The van der Waals surface area contributed by atoms with E-state index in [1.54, 1.807) is 30.3 Å². The molecular weight excluding hydrogens is 336 g/mol. The van der Waals surface area contributed by atoms with Gasteiger partial charge in [0.25, 0.3) is 0 Å². The molecular formula is C11H18N2O7S2. The van der Waals surface area contributed by atoms with Crippen molar-refractivity contribution in [2.75, 3.05) is 27.3 Å². The molecule has 22 heavy (non-hydrogen) atoms. The monoisotopic (exact) mass is 354 g/mol. The van der Waals surface area contributed by atoms with Gasteiger partial charge < -0.3 is 4.74 Å². The molecule has 126 valence electrons. The first kappa shape index (κ1) is 18.8. The summed E-state index contributed by atoms with van der Waals surface area (Å²) >= 11 is 0. The second-order valence-corrected chi connectivity index (χ2v) is 7.00. The second-order valence-electron chi connectivity index (χ2n) is 3.94. The van der Waals surface area contributed by atoms with Crippen LogP contribution in [0.15, 0.2) is 30.3 Å². The second kappa shape index (κ2) is 8.41. The van der Waals surface area contributed by atoms with E-state index in [1.807, 2.05) is 9.44 Å². The number of benzene rings is 1. The normalized spacial score (nSPS) is 13.7. The number of nitrogens with one attached hydrogen (secondary N) is 2. The van der Waals surface area contributed by atoms with Gasteiger partial charge in [0.1, 0.15) is 18.5 Å². The molecule has 11 heteroatoms. The van der Waals surface area contributed by atoms with E-state index < -0.39 is 33.3 Å². The molecule has 0 aromatic heterocycles. The highest BCUT2D eigenvalue weighted by Gasteiger charge is 2.22. The zero-order valence-corrected chi connectivity index (χ0v) is 13.7. The molecule has 0 saturated carbocycles. The van der Waals surface area contributed by atoms with E-state index in [9.17, 15) is 16.8 Å². The van der Waals surface area contributed by atoms with Crippen LogP contribution in [0.4, 0.5) is 0 Å². The Morgan fingerprint density at radius 2 is 1.55 bits per heavy atom. The highest BCUT2D eigenvalue weighted by Crippen LogP contribution is 2.10. The first-order chi connectivity index (χ1) is 10.3. The summed E-state index contributed by atoms with van der Waals surface area (Å²) in [6.45, 7) is -0.749. The van der Waals surface area contributed by atoms with Gasteiger partial charge in [-0.3, -0.25) is 4.18 Å². The molecule has 0 aliphatic rings. The van der Waals surface area contributed by atoms with E-state index in [0.717, 1.165) is 14.1 Å². The molecule has 9 nitrogen and oxygen atoms in total. The Bertz CT molecular complexity index is 646. The molecule has 1 aromatic carbocycles. The van der Waals surface area contributed by atoms with Gasteiger partial charge in [-0.05, 0) is 12.1 Å². The van der Waals surface area contributed by atoms with E-state index in [-0.39, 0.29) is 6.61 Å². The molecule has 1 rings (SSSR count). The van der Waals surface area contributed by atoms with E-state index in [1.165, 1.54) is 0 Å². The Morgan fingerprint density at radius 3 is 2.09 bits per heavy atom. The van der Waals surface area contributed by atoms with Crippen LogP contribution in [0.1, 0.15) is 0 Å². The van der Waals surface area contributed by atoms with Crippen LogP contribution in [-0.2, 0) is 29.0 Å². The van der Waals surface area contributed by atoms with Gasteiger partial charge in [0.2, 0.25) is 0 Å². The zero-order chi connectivity index (χ0) is 16.6. The van der Waals surface area contributed by atoms with Crippen LogP contribution in [-0.4, -0.2) is 50.2 Å². The molecule has 0 bridgehead atoms. The summed E-state index contributed by atoms with van der Waals surface area (Å²) in [6.07, 6.45) is -1.15. The van der Waals surface area contributed by atoms with Crippen molar-refractivity contribution >= 4 is 20.6 Å². The number of rotatable bonds is 10. The number of hydrogen-bond donors (Lipinski definition) is 2. The molecule has 0 spiro atoms. The molecule has 1 unspecified atom stereocenters. The smallest absolute Gasteiger partial charge is 0.336 e. The standard InChI is InChI=1S/C11H18N2O7S2/c1-12-21(14,15)19-9-11(20-22(16,17)13-2)8-18-10-6-4-3-5-7-10/h3-7,11-13H,8-9H2,1-2H3. The third kappa shape index (κ3) is 7.15. The van der Waals surface area contributed by atoms with Gasteiger partial charge >= 0.3 is 20.6 Å². The lowest BCUT2D eigenvalue weighted by Gasteiger charge is -2.17. The Morgan fingerprint density at radius 1 is 0.955 bits per heavy atom. The molecule has 0 saturated heterocycles. The van der Waals surface area contributed by atoms with E-state index in [2.05, 4.69) is 4.18 Å². The van der Waals surface area contributed by atoms with Crippen LogP contribution in [0.2, 0.25) is 0 Å². The van der Waals surface area contributed by atoms with Crippen molar-refractivity contribution < 1.29 is 29.9 Å². The fourth-order valence-electron chi connectivity index (χ4n) is 1.26. The third-order valence-electron chi connectivity index (χ3n) is 2.35. The maximum atomic E-state index is 11.4. The molecule has 0 fully saturated rings. The van der Waals surface area contributed by atoms with Crippen LogP contribution in [0.3, 0.4) is 0 Å². The number of ether oxygens (including phenoxy) is 1. The molecule has 0 aliphatic carbocycles. The first-order valence-electron chi connectivity index (χ1n) is 6.15. The quantitative estimate of drug-likeness (QED) is 0.575. The molecule has 1 atom stereocenters. The van der Waals surface area contributed by atoms with E-state index >= 15 is 0 Å². The first-order valence-corrected chi connectivity index (χ1v) is 8.97. The fourth-order valence-corrected chi connectivity index (χ4v) is 2.28. The SMILES string of the molecule is CNS(=O)(=O)OCC(COc1ccccc1)OS(=O)(=O)NC. The molecule has 2 N–H and O–H groups in total. The van der Waals surface area contributed by atoms with Gasteiger partial charge in [-0.25, -0.2) is 4.18 Å². The van der Waals surface area contributed by atoms with Gasteiger partial charge in [0.15, 0.2) is 0 Å². The van der Waals surface area contributed by atoms with Crippen LogP contribution in [0.25, 0.3) is 0 Å². The topological polar surface area (TPSA) is 120 Å². The van der Waals surface area contributed by atoms with Crippen LogP contribution in [0, 0.1) is 0 Å². The highest BCUT2D eigenvalue weighted by molar-refractivity contribution is 7.85. The van der Waals surface area contributed by atoms with Gasteiger partial charge in [-0.15, -0.1) is 0 Å². The Balaban J connectivity index is 2.69. The minimum absolute atomic E-state index is 0.218. The lowest BCUT2D eigenvalue weighted by molar-refractivity contribution is 0.0867. The molecule has 0 heterocycles. The molecule has 1 aromatic rings. The summed E-state index contributed by atoms with van der Waals surface area (Å²) in [7, 11) is -5.66. The molecule has 0 radical (unpaired) electrons. The summed E-state index contributed by atoms with van der Waals surface area (Å²) < 4.78 is 63.8. The predicted molar refractivity (Wildman–Crippen MR) is 78.7 cm³/mol. The van der Waals surface area contributed by atoms with Gasteiger partial charge in [0.05, 0.1) is 6.61 Å². The van der Waals surface area contributed by atoms with Crippen LogP contribution < -0.4 is 14.2 Å². The van der Waals surface area contributed by atoms with Crippen molar-refractivity contribution in [3.05, 3.63) is 30.3 Å². The van der Waals surface area contributed by atoms with Gasteiger partial charge in [-0.1, -0.05) is 18.2 Å². The van der Waals surface area contributed by atoms with Crippen molar-refractivity contribution in [2.45, 2.75) is 6.10 Å². The van der Waals surface area contributed by atoms with Gasteiger partial charge in [0, 0.05) is 14.1 Å². The maximum Gasteiger partial charge on any atom is 0.336 e. The van der Waals surface area contributed by atoms with Crippen molar-refractivity contribution in [3.63, 3.8) is 0 Å². The summed E-state index contributed by atoms with van der Waals surface area (Å²) in [5.74, 6) is 0.481. The minimum Gasteiger partial charge on any atom is -0.491 e. The minimum atomic E-state index is -4.02. The molecule has 0 aliphatic heterocycles. The van der Waals surface area contributed by atoms with Crippen LogP contribution >= 0.6 is 0 Å². The van der Waals surface area contributed by atoms with E-state index in [0.29, 0.717) is 5.75 Å². The molecule has 0 amide bonds. The van der Waals surface area contributed by atoms with Gasteiger partial charge in [-0.2, -0.15) is 26.3 Å². The largest absolute Gasteiger partial charge is 0.491 e. The summed E-state index contributed by atoms with van der Waals surface area (Å²) in [6, 6.07) is 8.58. The van der Waals surface area contributed by atoms with Crippen molar-refractivity contribution in [1.29, 1.82) is 0 Å². The lowest BCUT2D eigenvalue weighted by atomic mass is 10.3. The van der Waals surface area contributed by atoms with Crippen molar-refractivity contribution in [1.82, 2.24) is 9.44 Å². The zero-order valence-electron chi connectivity index (χ0n) is 12.1. The summed E-state index contributed by atoms with van der Waals surface area (Å²) in [4.78, 5) is 0. The predicted octanol–water partition coefficient (Wildman–Crippen LogP) is -0.604. The number of hydrogen-bond acceptors (Lipinski definition) is 7. The Kier molecular flexibility index (Phi) is 7.19. The maximum absolute atomic E-state index is 11.4. The fraction of sp³-hybridized carbons (Fsp3) is 0.455. The Labute approximate surface area is 130 Å². The Hall–Kier alpha value is -1.24. The lowest BCUT2D eigenvalue weighted by Crippen LogP contribution is -2.36. The summed E-state index contributed by atoms with van der Waals surface area (Å²) in [5.41, 5.74) is 0. The average molecular weight is 354 g/mol.